The number of methoxy groups -OCH3 is 1. The van der Waals surface area contributed by atoms with E-state index in [9.17, 15) is 0 Å². The molecule has 0 saturated heterocycles. The molecule has 0 aliphatic carbocycles. The number of pyridine rings is 1. The van der Waals surface area contributed by atoms with Crippen LogP contribution in [0.5, 0.6) is 0 Å². The molecule has 1 heterocycles. The van der Waals surface area contributed by atoms with Gasteiger partial charge in [0.1, 0.15) is 0 Å². The van der Waals surface area contributed by atoms with Crippen molar-refractivity contribution < 1.29 is 4.74 Å². The van der Waals surface area contributed by atoms with Crippen molar-refractivity contribution in [2.24, 2.45) is 11.7 Å². The molecule has 2 atom stereocenters. The Morgan fingerprint density at radius 1 is 1.44 bits per heavy atom. The Bertz CT molecular complexity index is 318. The highest BCUT2D eigenvalue weighted by molar-refractivity contribution is 5.03. The number of hydrogen-bond acceptors (Lipinski definition) is 4. The normalized spacial score (nSPS) is 14.7. The number of hydrogen-bond donors (Lipinski definition) is 1. The van der Waals surface area contributed by atoms with Gasteiger partial charge in [-0.3, -0.25) is 4.98 Å². The maximum Gasteiger partial charge on any atom is 0.0503 e. The average Bonchev–Trinajstić information content (AvgIpc) is 2.39. The van der Waals surface area contributed by atoms with E-state index in [1.807, 2.05) is 18.3 Å². The van der Waals surface area contributed by atoms with Crippen molar-refractivity contribution in [3.63, 3.8) is 0 Å². The number of rotatable bonds is 8. The third-order valence-corrected chi connectivity index (χ3v) is 3.34. The van der Waals surface area contributed by atoms with E-state index in [2.05, 4.69) is 29.9 Å². The molecule has 0 radical (unpaired) electrons. The summed E-state index contributed by atoms with van der Waals surface area (Å²) in [6, 6.07) is 6.38. The van der Waals surface area contributed by atoms with Gasteiger partial charge in [0.2, 0.25) is 0 Å². The zero-order valence-corrected chi connectivity index (χ0v) is 11.7. The van der Waals surface area contributed by atoms with E-state index in [1.54, 1.807) is 7.11 Å². The second-order valence-electron chi connectivity index (χ2n) is 4.79. The zero-order valence-electron chi connectivity index (χ0n) is 11.7. The fraction of sp³-hybridized carbons (Fsp3) is 0.643. The van der Waals surface area contributed by atoms with Crippen LogP contribution in [-0.4, -0.2) is 49.8 Å². The van der Waals surface area contributed by atoms with Crippen molar-refractivity contribution in [1.29, 1.82) is 0 Å². The van der Waals surface area contributed by atoms with Crippen LogP contribution in [0.3, 0.4) is 0 Å². The summed E-state index contributed by atoms with van der Waals surface area (Å²) in [5.41, 5.74) is 6.99. The summed E-state index contributed by atoms with van der Waals surface area (Å²) >= 11 is 0. The van der Waals surface area contributed by atoms with Crippen LogP contribution in [0.15, 0.2) is 24.4 Å². The molecule has 0 spiro atoms. The lowest BCUT2D eigenvalue weighted by Crippen LogP contribution is -2.44. The SMILES string of the molecule is COCC(C)C(CN)N(C)CCc1ccccn1. The molecule has 4 heteroatoms. The molecule has 0 aliphatic rings. The van der Waals surface area contributed by atoms with Gasteiger partial charge in [-0.2, -0.15) is 0 Å². The minimum absolute atomic E-state index is 0.355. The molecule has 4 nitrogen and oxygen atoms in total. The van der Waals surface area contributed by atoms with Crippen LogP contribution in [0, 0.1) is 5.92 Å². The molecule has 102 valence electrons. The van der Waals surface area contributed by atoms with Crippen LogP contribution in [0.25, 0.3) is 0 Å². The fourth-order valence-electron chi connectivity index (χ4n) is 2.22. The summed E-state index contributed by atoms with van der Waals surface area (Å²) in [5, 5.41) is 0. The molecule has 1 aromatic heterocycles. The van der Waals surface area contributed by atoms with Crippen LogP contribution in [-0.2, 0) is 11.2 Å². The van der Waals surface area contributed by atoms with Crippen molar-refractivity contribution in [2.45, 2.75) is 19.4 Å². The summed E-state index contributed by atoms with van der Waals surface area (Å²) in [6.07, 6.45) is 2.79. The summed E-state index contributed by atoms with van der Waals surface area (Å²) < 4.78 is 5.20. The van der Waals surface area contributed by atoms with Crippen LogP contribution in [0.1, 0.15) is 12.6 Å². The van der Waals surface area contributed by atoms with Crippen molar-refractivity contribution in [3.05, 3.63) is 30.1 Å². The van der Waals surface area contributed by atoms with Crippen molar-refractivity contribution >= 4 is 0 Å². The Labute approximate surface area is 110 Å². The average molecular weight is 251 g/mol. The van der Waals surface area contributed by atoms with Crippen LogP contribution in [0.4, 0.5) is 0 Å². The molecular weight excluding hydrogens is 226 g/mol. The minimum atomic E-state index is 0.355. The third kappa shape index (κ3) is 4.72. The lowest BCUT2D eigenvalue weighted by Gasteiger charge is -2.31. The molecule has 0 fully saturated rings. The molecule has 0 amide bonds. The molecule has 0 saturated carbocycles. The van der Waals surface area contributed by atoms with E-state index in [0.717, 1.165) is 25.3 Å². The number of nitrogens with two attached hydrogens (primary N) is 1. The Hall–Kier alpha value is -0.970. The minimum Gasteiger partial charge on any atom is -0.384 e. The van der Waals surface area contributed by atoms with Gasteiger partial charge in [-0.1, -0.05) is 13.0 Å². The van der Waals surface area contributed by atoms with Gasteiger partial charge in [-0.15, -0.1) is 0 Å². The second kappa shape index (κ2) is 8.19. The summed E-state index contributed by atoms with van der Waals surface area (Å²) in [4.78, 5) is 6.64. The highest BCUT2D eigenvalue weighted by atomic mass is 16.5. The lowest BCUT2D eigenvalue weighted by atomic mass is 10.0. The summed E-state index contributed by atoms with van der Waals surface area (Å²) in [5.74, 6) is 0.439. The topological polar surface area (TPSA) is 51.4 Å². The van der Waals surface area contributed by atoms with Crippen LogP contribution in [0.2, 0.25) is 0 Å². The first-order chi connectivity index (χ1) is 8.69. The molecule has 0 bridgehead atoms. The highest BCUT2D eigenvalue weighted by Gasteiger charge is 2.20. The quantitative estimate of drug-likeness (QED) is 0.753. The van der Waals surface area contributed by atoms with Gasteiger partial charge in [0.25, 0.3) is 0 Å². The molecule has 0 aromatic carbocycles. The molecule has 1 aromatic rings. The van der Waals surface area contributed by atoms with E-state index in [-0.39, 0.29) is 0 Å². The molecular formula is C14H25N3O. The molecule has 1 rings (SSSR count). The van der Waals surface area contributed by atoms with Crippen molar-refractivity contribution in [2.75, 3.05) is 33.9 Å². The first-order valence-electron chi connectivity index (χ1n) is 6.48. The largest absolute Gasteiger partial charge is 0.384 e. The Morgan fingerprint density at radius 2 is 2.22 bits per heavy atom. The standard InChI is InChI=1S/C14H25N3O/c1-12(11-18-3)14(10-15)17(2)9-7-13-6-4-5-8-16-13/h4-6,8,12,14H,7,9-11,15H2,1-3H3. The Balaban J connectivity index is 2.44. The Kier molecular flexibility index (Phi) is 6.86. The fourth-order valence-corrected chi connectivity index (χ4v) is 2.22. The zero-order chi connectivity index (χ0) is 13.4. The second-order valence-corrected chi connectivity index (χ2v) is 4.79. The highest BCUT2D eigenvalue weighted by Crippen LogP contribution is 2.10. The van der Waals surface area contributed by atoms with Crippen LogP contribution >= 0.6 is 0 Å². The number of aromatic nitrogens is 1. The van der Waals surface area contributed by atoms with Crippen molar-refractivity contribution in [1.82, 2.24) is 9.88 Å². The first kappa shape index (κ1) is 15.1. The van der Waals surface area contributed by atoms with Gasteiger partial charge in [0.15, 0.2) is 0 Å². The predicted octanol–water partition coefficient (Wildman–Crippen LogP) is 1.17. The predicted molar refractivity (Wildman–Crippen MR) is 74.5 cm³/mol. The van der Waals surface area contributed by atoms with Crippen molar-refractivity contribution in [3.8, 4) is 0 Å². The van der Waals surface area contributed by atoms with Crippen LogP contribution < -0.4 is 5.73 Å². The lowest BCUT2D eigenvalue weighted by molar-refractivity contribution is 0.0989. The van der Waals surface area contributed by atoms with Gasteiger partial charge in [-0.25, -0.2) is 0 Å². The molecule has 2 unspecified atom stereocenters. The van der Waals surface area contributed by atoms with Gasteiger partial charge in [0.05, 0.1) is 6.61 Å². The van der Waals surface area contributed by atoms with E-state index in [4.69, 9.17) is 10.5 Å². The van der Waals surface area contributed by atoms with E-state index in [0.29, 0.717) is 18.5 Å². The number of likely N-dealkylation sites (N-methyl/N-ethyl adjacent to an activating group) is 1. The monoisotopic (exact) mass is 251 g/mol. The van der Waals surface area contributed by atoms with Gasteiger partial charge < -0.3 is 15.4 Å². The molecule has 2 N–H and O–H groups in total. The Morgan fingerprint density at radius 3 is 2.78 bits per heavy atom. The van der Waals surface area contributed by atoms with E-state index < -0.39 is 0 Å². The molecule has 18 heavy (non-hydrogen) atoms. The van der Waals surface area contributed by atoms with Gasteiger partial charge in [-0.05, 0) is 25.1 Å². The number of nitrogens with zero attached hydrogens (tertiary/aromatic N) is 2. The summed E-state index contributed by atoms with van der Waals surface area (Å²) in [6.45, 7) is 4.55. The van der Waals surface area contributed by atoms with Gasteiger partial charge in [0, 0.05) is 44.6 Å². The smallest absolute Gasteiger partial charge is 0.0503 e. The maximum atomic E-state index is 5.86. The third-order valence-electron chi connectivity index (χ3n) is 3.34. The van der Waals surface area contributed by atoms with E-state index in [1.165, 1.54) is 0 Å². The van der Waals surface area contributed by atoms with Gasteiger partial charge >= 0.3 is 0 Å². The molecule has 0 aliphatic heterocycles. The van der Waals surface area contributed by atoms with E-state index >= 15 is 0 Å². The maximum absolute atomic E-state index is 5.86. The summed E-state index contributed by atoms with van der Waals surface area (Å²) in [7, 11) is 3.85. The first-order valence-corrected chi connectivity index (χ1v) is 6.48. The number of ether oxygens (including phenoxy) is 1.